The maximum absolute atomic E-state index is 11.3. The van der Waals surface area contributed by atoms with Gasteiger partial charge in [0.05, 0.1) is 12.8 Å². The van der Waals surface area contributed by atoms with Crippen molar-refractivity contribution in [1.82, 2.24) is 0 Å². The molecule has 1 unspecified atom stereocenters. The summed E-state index contributed by atoms with van der Waals surface area (Å²) in [6, 6.07) is 5.47. The molecule has 0 radical (unpaired) electrons. The highest BCUT2D eigenvalue weighted by Gasteiger charge is 2.23. The van der Waals surface area contributed by atoms with Crippen LogP contribution in [-0.4, -0.2) is 19.1 Å². The van der Waals surface area contributed by atoms with Gasteiger partial charge in [-0.15, -0.1) is 0 Å². The number of quaternary nitrogens is 1. The van der Waals surface area contributed by atoms with E-state index in [1.807, 2.05) is 12.1 Å². The Morgan fingerprint density at radius 1 is 1.53 bits per heavy atom. The van der Waals surface area contributed by atoms with Gasteiger partial charge >= 0.3 is 0 Å². The molecule has 0 spiro atoms. The zero-order valence-corrected chi connectivity index (χ0v) is 8.61. The van der Waals surface area contributed by atoms with Gasteiger partial charge in [0.15, 0.2) is 11.8 Å². The minimum absolute atomic E-state index is 0.119. The summed E-state index contributed by atoms with van der Waals surface area (Å²) in [6.45, 7) is 1.71. The summed E-state index contributed by atoms with van der Waals surface area (Å²) in [5.74, 6) is 0.555. The number of ether oxygens (including phenoxy) is 1. The molecule has 80 valence electrons. The van der Waals surface area contributed by atoms with Gasteiger partial charge in [-0.25, -0.2) is 4.84 Å². The monoisotopic (exact) mass is 209 g/mol. The molecule has 0 aliphatic carbocycles. The molecule has 1 aliphatic heterocycles. The van der Waals surface area contributed by atoms with E-state index in [1.54, 1.807) is 25.6 Å². The summed E-state index contributed by atoms with van der Waals surface area (Å²) in [4.78, 5) is 16.2. The van der Waals surface area contributed by atoms with Gasteiger partial charge in [-0.05, 0) is 13.0 Å². The average Bonchev–Trinajstić information content (AvgIpc) is 2.21. The Labute approximate surface area is 87.3 Å². The van der Waals surface area contributed by atoms with E-state index in [-0.39, 0.29) is 5.91 Å². The lowest BCUT2D eigenvalue weighted by Gasteiger charge is -2.22. The molecule has 3 N–H and O–H groups in total. The standard InChI is InChI=1S/C10H12N2O3/c1-6-10(13)11-8-4-3-7(12-14-2)5-9(8)15-6/h3-6,12H,1-2H3,(H,11,13)/p+1. The largest absolute Gasteiger partial charge is 0.478 e. The quantitative estimate of drug-likeness (QED) is 0.538. The number of carbonyl (C=O) groups excluding carboxylic acids is 1. The molecule has 1 aromatic carbocycles. The SMILES string of the molecule is CO[NH2+]c1ccc2c(c1)OC(C)C(=O)N2. The van der Waals surface area contributed by atoms with Gasteiger partial charge < -0.3 is 10.1 Å². The molecule has 0 saturated carbocycles. The van der Waals surface area contributed by atoms with Crippen LogP contribution in [0.25, 0.3) is 0 Å². The molecule has 5 heteroatoms. The summed E-state index contributed by atoms with van der Waals surface area (Å²) in [7, 11) is 1.59. The first-order valence-corrected chi connectivity index (χ1v) is 4.68. The second kappa shape index (κ2) is 3.88. The molecule has 15 heavy (non-hydrogen) atoms. The van der Waals surface area contributed by atoms with E-state index in [4.69, 9.17) is 9.57 Å². The topological polar surface area (TPSA) is 64.2 Å². The van der Waals surface area contributed by atoms with Gasteiger partial charge in [-0.3, -0.25) is 4.79 Å². The maximum atomic E-state index is 11.3. The molecule has 0 aromatic heterocycles. The minimum Gasteiger partial charge on any atom is -0.478 e. The third kappa shape index (κ3) is 1.93. The van der Waals surface area contributed by atoms with Crippen LogP contribution in [-0.2, 0) is 9.63 Å². The Kier molecular flexibility index (Phi) is 2.57. The maximum Gasteiger partial charge on any atom is 0.265 e. The first kappa shape index (κ1) is 9.95. The smallest absolute Gasteiger partial charge is 0.265 e. The molecule has 1 aliphatic rings. The molecule has 0 fully saturated rings. The number of fused-ring (bicyclic) bond motifs is 1. The fraction of sp³-hybridized carbons (Fsp3) is 0.300. The predicted molar refractivity (Wildman–Crippen MR) is 53.8 cm³/mol. The van der Waals surface area contributed by atoms with Gasteiger partial charge in [0.1, 0.15) is 5.75 Å². The number of hydrogen-bond acceptors (Lipinski definition) is 3. The molecule has 2 rings (SSSR count). The highest BCUT2D eigenvalue weighted by Crippen LogP contribution is 2.30. The molecule has 1 amide bonds. The number of carbonyl (C=O) groups is 1. The minimum atomic E-state index is -0.449. The number of nitrogens with two attached hydrogens (primary N) is 1. The number of amides is 1. The van der Waals surface area contributed by atoms with Crippen molar-refractivity contribution in [2.24, 2.45) is 0 Å². The van der Waals surface area contributed by atoms with Crippen molar-refractivity contribution < 1.29 is 19.8 Å². The molecule has 5 nitrogen and oxygen atoms in total. The Bertz CT molecular complexity index is 392. The van der Waals surface area contributed by atoms with Crippen LogP contribution in [0, 0.1) is 0 Å². The lowest BCUT2D eigenvalue weighted by Crippen LogP contribution is -2.75. The fourth-order valence-corrected chi connectivity index (χ4v) is 1.43. The molecule has 1 heterocycles. The number of rotatable bonds is 2. The Morgan fingerprint density at radius 3 is 3.07 bits per heavy atom. The lowest BCUT2D eigenvalue weighted by molar-refractivity contribution is -0.830. The van der Waals surface area contributed by atoms with Crippen molar-refractivity contribution in [2.75, 3.05) is 12.4 Å². The van der Waals surface area contributed by atoms with E-state index in [0.717, 1.165) is 5.69 Å². The molecule has 0 bridgehead atoms. The lowest BCUT2D eigenvalue weighted by atomic mass is 10.2. The van der Waals surface area contributed by atoms with E-state index in [0.29, 0.717) is 11.4 Å². The third-order valence-corrected chi connectivity index (χ3v) is 2.19. The van der Waals surface area contributed by atoms with Crippen LogP contribution in [0.15, 0.2) is 18.2 Å². The number of hydrogen-bond donors (Lipinski definition) is 2. The highest BCUT2D eigenvalue weighted by molar-refractivity contribution is 5.97. The Balaban J connectivity index is 2.29. The summed E-state index contributed by atoms with van der Waals surface area (Å²) in [5.41, 5.74) is 3.22. The molecular weight excluding hydrogens is 196 g/mol. The van der Waals surface area contributed by atoms with Gasteiger partial charge in [-0.1, -0.05) is 0 Å². The van der Waals surface area contributed by atoms with Crippen LogP contribution >= 0.6 is 0 Å². The van der Waals surface area contributed by atoms with Crippen molar-refractivity contribution in [3.8, 4) is 5.75 Å². The highest BCUT2D eigenvalue weighted by atomic mass is 16.6. The second-order valence-corrected chi connectivity index (χ2v) is 3.36. The van der Waals surface area contributed by atoms with Crippen LogP contribution in [0.3, 0.4) is 0 Å². The number of benzene rings is 1. The van der Waals surface area contributed by atoms with Crippen LogP contribution in [0.2, 0.25) is 0 Å². The van der Waals surface area contributed by atoms with E-state index >= 15 is 0 Å². The van der Waals surface area contributed by atoms with E-state index in [1.165, 1.54) is 0 Å². The van der Waals surface area contributed by atoms with Crippen molar-refractivity contribution in [2.45, 2.75) is 13.0 Å². The summed E-state index contributed by atoms with van der Waals surface area (Å²) in [6.07, 6.45) is -0.449. The van der Waals surface area contributed by atoms with Crippen molar-refractivity contribution in [3.05, 3.63) is 18.2 Å². The van der Waals surface area contributed by atoms with Gasteiger partial charge in [0.2, 0.25) is 0 Å². The van der Waals surface area contributed by atoms with E-state index < -0.39 is 6.10 Å². The summed E-state index contributed by atoms with van der Waals surface area (Å²) in [5, 5.41) is 2.76. The third-order valence-electron chi connectivity index (χ3n) is 2.19. The molecule has 0 saturated heterocycles. The fourth-order valence-electron chi connectivity index (χ4n) is 1.43. The first-order valence-electron chi connectivity index (χ1n) is 4.68. The molecular formula is C10H13N2O3+. The predicted octanol–water partition coefficient (Wildman–Crippen LogP) is 0.162. The number of nitrogens with one attached hydrogen (secondary N) is 1. The average molecular weight is 209 g/mol. The van der Waals surface area contributed by atoms with Gasteiger partial charge in [0, 0.05) is 12.1 Å². The number of anilines is 1. The van der Waals surface area contributed by atoms with E-state index in [2.05, 4.69) is 5.32 Å². The van der Waals surface area contributed by atoms with Crippen LogP contribution in [0.4, 0.5) is 11.4 Å². The van der Waals surface area contributed by atoms with Crippen molar-refractivity contribution in [1.29, 1.82) is 0 Å². The summed E-state index contributed by atoms with van der Waals surface area (Å²) >= 11 is 0. The van der Waals surface area contributed by atoms with Crippen molar-refractivity contribution >= 4 is 17.3 Å². The zero-order valence-electron chi connectivity index (χ0n) is 8.61. The zero-order chi connectivity index (χ0) is 10.8. The van der Waals surface area contributed by atoms with Gasteiger partial charge in [0.25, 0.3) is 5.91 Å². The second-order valence-electron chi connectivity index (χ2n) is 3.36. The van der Waals surface area contributed by atoms with Crippen LogP contribution in [0.5, 0.6) is 5.75 Å². The van der Waals surface area contributed by atoms with Crippen LogP contribution in [0.1, 0.15) is 6.92 Å². The van der Waals surface area contributed by atoms with E-state index in [9.17, 15) is 4.79 Å². The first-order chi connectivity index (χ1) is 7.20. The van der Waals surface area contributed by atoms with Crippen molar-refractivity contribution in [3.63, 3.8) is 0 Å². The normalized spacial score (nSPS) is 19.1. The molecule has 1 aromatic rings. The molecule has 1 atom stereocenters. The van der Waals surface area contributed by atoms with Gasteiger partial charge in [-0.2, -0.15) is 5.48 Å². The summed E-state index contributed by atoms with van der Waals surface area (Å²) < 4.78 is 5.44. The Hall–Kier alpha value is -1.59. The van der Waals surface area contributed by atoms with Crippen LogP contribution < -0.4 is 15.5 Å². The Morgan fingerprint density at radius 2 is 2.33 bits per heavy atom.